The molecular formula is C16H23ClN2O2. The molecule has 0 aromatic heterocycles. The van der Waals surface area contributed by atoms with Crippen molar-refractivity contribution >= 4 is 17.7 Å². The standard InChI is InChI=1S/C16H23ClN2O2/c1-10(11-5-7-12(17)8-6-11)18-13-9-14(13)19-15(20)21-16(2,3)4/h5-8,10,13-14,18H,9H2,1-4H3,(H,19,20). The largest absolute Gasteiger partial charge is 0.444 e. The van der Waals surface area contributed by atoms with E-state index in [0.29, 0.717) is 6.04 Å². The SMILES string of the molecule is CC(NC1CC1NC(=O)OC(C)(C)C)c1ccc(Cl)cc1. The number of hydrogen-bond acceptors (Lipinski definition) is 3. The molecule has 0 heterocycles. The van der Waals surface area contributed by atoms with Crippen LogP contribution in [0.1, 0.15) is 45.7 Å². The number of hydrogen-bond donors (Lipinski definition) is 2. The molecule has 4 nitrogen and oxygen atoms in total. The van der Waals surface area contributed by atoms with E-state index >= 15 is 0 Å². The van der Waals surface area contributed by atoms with Gasteiger partial charge in [-0.15, -0.1) is 0 Å². The van der Waals surface area contributed by atoms with E-state index in [1.807, 2.05) is 45.0 Å². The Morgan fingerprint density at radius 3 is 2.48 bits per heavy atom. The van der Waals surface area contributed by atoms with Gasteiger partial charge in [-0.05, 0) is 51.8 Å². The zero-order valence-electron chi connectivity index (χ0n) is 12.9. The van der Waals surface area contributed by atoms with Gasteiger partial charge in [-0.25, -0.2) is 4.79 Å². The number of carbonyl (C=O) groups excluding carboxylic acids is 1. The van der Waals surface area contributed by atoms with Gasteiger partial charge >= 0.3 is 6.09 Å². The molecule has 116 valence electrons. The van der Waals surface area contributed by atoms with Gasteiger partial charge in [-0.2, -0.15) is 0 Å². The molecule has 1 aromatic carbocycles. The van der Waals surface area contributed by atoms with Crippen LogP contribution in [0.15, 0.2) is 24.3 Å². The molecule has 1 aromatic rings. The molecular weight excluding hydrogens is 288 g/mol. The summed E-state index contributed by atoms with van der Waals surface area (Å²) in [5, 5.41) is 7.11. The summed E-state index contributed by atoms with van der Waals surface area (Å²) >= 11 is 5.89. The van der Waals surface area contributed by atoms with Crippen molar-refractivity contribution in [2.75, 3.05) is 0 Å². The Morgan fingerprint density at radius 2 is 1.90 bits per heavy atom. The molecule has 21 heavy (non-hydrogen) atoms. The van der Waals surface area contributed by atoms with E-state index in [0.717, 1.165) is 11.4 Å². The number of ether oxygens (including phenoxy) is 1. The number of rotatable bonds is 4. The third-order valence-corrected chi connectivity index (χ3v) is 3.58. The quantitative estimate of drug-likeness (QED) is 0.892. The van der Waals surface area contributed by atoms with Crippen LogP contribution in [0.3, 0.4) is 0 Å². The molecule has 0 aliphatic heterocycles. The van der Waals surface area contributed by atoms with E-state index in [9.17, 15) is 4.79 Å². The summed E-state index contributed by atoms with van der Waals surface area (Å²) in [6.45, 7) is 7.68. The number of alkyl carbamates (subject to hydrolysis) is 1. The van der Waals surface area contributed by atoms with Gasteiger partial charge in [0.2, 0.25) is 0 Å². The molecule has 2 N–H and O–H groups in total. The molecule has 2 rings (SSSR count). The molecule has 5 heteroatoms. The Bertz CT molecular complexity index is 496. The lowest BCUT2D eigenvalue weighted by atomic mass is 10.1. The lowest BCUT2D eigenvalue weighted by molar-refractivity contribution is 0.0522. The predicted molar refractivity (Wildman–Crippen MR) is 84.6 cm³/mol. The molecule has 1 amide bonds. The van der Waals surface area contributed by atoms with E-state index in [4.69, 9.17) is 16.3 Å². The normalized spacial score (nSPS) is 22.5. The Kier molecular flexibility index (Phi) is 4.79. The summed E-state index contributed by atoms with van der Waals surface area (Å²) in [5.41, 5.74) is 0.723. The van der Waals surface area contributed by atoms with Crippen molar-refractivity contribution in [2.24, 2.45) is 0 Å². The van der Waals surface area contributed by atoms with Crippen LogP contribution in [-0.2, 0) is 4.74 Å². The summed E-state index contributed by atoms with van der Waals surface area (Å²) in [7, 11) is 0. The minimum absolute atomic E-state index is 0.148. The third kappa shape index (κ3) is 5.21. The second-order valence-corrected chi connectivity index (χ2v) is 6.97. The van der Waals surface area contributed by atoms with Crippen LogP contribution in [0, 0.1) is 0 Å². The van der Waals surface area contributed by atoms with E-state index in [2.05, 4.69) is 17.6 Å². The monoisotopic (exact) mass is 310 g/mol. The van der Waals surface area contributed by atoms with E-state index in [1.165, 1.54) is 5.56 Å². The number of benzene rings is 1. The summed E-state index contributed by atoms with van der Waals surface area (Å²) in [4.78, 5) is 11.7. The van der Waals surface area contributed by atoms with Gasteiger partial charge in [0.05, 0.1) is 0 Å². The van der Waals surface area contributed by atoms with Gasteiger partial charge in [0, 0.05) is 23.1 Å². The predicted octanol–water partition coefficient (Wildman–Crippen LogP) is 3.66. The van der Waals surface area contributed by atoms with Crippen LogP contribution in [-0.4, -0.2) is 23.8 Å². The van der Waals surface area contributed by atoms with Crippen molar-refractivity contribution in [1.82, 2.24) is 10.6 Å². The first-order valence-electron chi connectivity index (χ1n) is 7.25. The molecule has 0 saturated heterocycles. The highest BCUT2D eigenvalue weighted by molar-refractivity contribution is 6.30. The maximum absolute atomic E-state index is 11.7. The van der Waals surface area contributed by atoms with Crippen LogP contribution in [0.5, 0.6) is 0 Å². The highest BCUT2D eigenvalue weighted by atomic mass is 35.5. The highest BCUT2D eigenvalue weighted by Crippen LogP contribution is 2.26. The molecule has 1 aliphatic rings. The van der Waals surface area contributed by atoms with Crippen LogP contribution in [0.4, 0.5) is 4.79 Å². The second-order valence-electron chi connectivity index (χ2n) is 6.53. The number of nitrogens with one attached hydrogen (secondary N) is 2. The average Bonchev–Trinajstić information content (AvgIpc) is 3.05. The van der Waals surface area contributed by atoms with Crippen molar-refractivity contribution in [3.63, 3.8) is 0 Å². The second kappa shape index (κ2) is 6.24. The summed E-state index contributed by atoms with van der Waals surface area (Å²) in [5.74, 6) is 0. The van der Waals surface area contributed by atoms with Crippen LogP contribution < -0.4 is 10.6 Å². The molecule has 0 spiro atoms. The van der Waals surface area contributed by atoms with Gasteiger partial charge in [-0.1, -0.05) is 23.7 Å². The minimum Gasteiger partial charge on any atom is -0.444 e. The first-order valence-corrected chi connectivity index (χ1v) is 7.63. The Balaban J connectivity index is 1.76. The van der Waals surface area contributed by atoms with Crippen molar-refractivity contribution in [3.05, 3.63) is 34.9 Å². The molecule has 0 bridgehead atoms. The molecule has 0 radical (unpaired) electrons. The van der Waals surface area contributed by atoms with Gasteiger partial charge in [-0.3, -0.25) is 0 Å². The molecule has 1 saturated carbocycles. The molecule has 1 fully saturated rings. The smallest absolute Gasteiger partial charge is 0.407 e. The summed E-state index contributed by atoms with van der Waals surface area (Å²) in [6.07, 6.45) is 0.577. The Labute approximate surface area is 131 Å². The first-order chi connectivity index (χ1) is 9.74. The maximum atomic E-state index is 11.7. The molecule has 1 aliphatic carbocycles. The molecule has 3 unspecified atom stereocenters. The fourth-order valence-corrected chi connectivity index (χ4v) is 2.29. The third-order valence-electron chi connectivity index (χ3n) is 3.33. The van der Waals surface area contributed by atoms with E-state index in [-0.39, 0.29) is 18.2 Å². The summed E-state index contributed by atoms with van der Waals surface area (Å²) < 4.78 is 5.25. The molecule has 3 atom stereocenters. The summed E-state index contributed by atoms with van der Waals surface area (Å²) in [6, 6.07) is 8.46. The zero-order valence-corrected chi connectivity index (χ0v) is 13.7. The van der Waals surface area contributed by atoms with Gasteiger partial charge < -0.3 is 15.4 Å². The number of carbonyl (C=O) groups is 1. The van der Waals surface area contributed by atoms with Crippen molar-refractivity contribution < 1.29 is 9.53 Å². The Morgan fingerprint density at radius 1 is 1.29 bits per heavy atom. The van der Waals surface area contributed by atoms with Gasteiger partial charge in [0.15, 0.2) is 0 Å². The van der Waals surface area contributed by atoms with Crippen molar-refractivity contribution in [1.29, 1.82) is 0 Å². The van der Waals surface area contributed by atoms with Gasteiger partial charge in [0.1, 0.15) is 5.60 Å². The van der Waals surface area contributed by atoms with Crippen molar-refractivity contribution in [3.8, 4) is 0 Å². The number of amides is 1. The van der Waals surface area contributed by atoms with Crippen molar-refractivity contribution in [2.45, 2.75) is 57.8 Å². The van der Waals surface area contributed by atoms with E-state index < -0.39 is 5.60 Å². The number of halogens is 1. The lowest BCUT2D eigenvalue weighted by Crippen LogP contribution is -2.37. The average molecular weight is 311 g/mol. The maximum Gasteiger partial charge on any atom is 0.407 e. The Hall–Kier alpha value is -1.26. The highest BCUT2D eigenvalue weighted by Gasteiger charge is 2.39. The fraction of sp³-hybridized carbons (Fsp3) is 0.562. The van der Waals surface area contributed by atoms with Crippen LogP contribution in [0.2, 0.25) is 5.02 Å². The fourth-order valence-electron chi connectivity index (χ4n) is 2.17. The van der Waals surface area contributed by atoms with E-state index in [1.54, 1.807) is 0 Å². The first kappa shape index (κ1) is 16.1. The lowest BCUT2D eigenvalue weighted by Gasteiger charge is -2.20. The minimum atomic E-state index is -0.460. The van der Waals surface area contributed by atoms with Crippen LogP contribution >= 0.6 is 11.6 Å². The zero-order chi connectivity index (χ0) is 15.6. The van der Waals surface area contributed by atoms with Gasteiger partial charge in [0.25, 0.3) is 0 Å². The van der Waals surface area contributed by atoms with Crippen LogP contribution in [0.25, 0.3) is 0 Å². The topological polar surface area (TPSA) is 50.4 Å².